The zero-order valence-corrected chi connectivity index (χ0v) is 10.2. The Morgan fingerprint density at radius 1 is 1.12 bits per heavy atom. The largest absolute Gasteiger partial charge is 0.197 e. The second-order valence-corrected chi connectivity index (χ2v) is 5.18. The third-order valence-corrected chi connectivity index (χ3v) is 3.80. The molecule has 16 heavy (non-hydrogen) atoms. The smallest absolute Gasteiger partial charge is 0.0822 e. The molecule has 0 aliphatic heterocycles. The highest BCUT2D eigenvalue weighted by atomic mass is 14.4. The summed E-state index contributed by atoms with van der Waals surface area (Å²) >= 11 is 0. The lowest BCUT2D eigenvalue weighted by molar-refractivity contribution is 0.572. The van der Waals surface area contributed by atoms with E-state index in [0.29, 0.717) is 5.92 Å². The first-order valence-corrected chi connectivity index (χ1v) is 6.20. The lowest BCUT2D eigenvalue weighted by atomic mass is 9.80. The predicted molar refractivity (Wildman–Crippen MR) is 66.3 cm³/mol. The molecule has 2 rings (SSSR count). The molecule has 0 unspecified atom stereocenters. The lowest BCUT2D eigenvalue weighted by Gasteiger charge is -2.21. The van der Waals surface area contributed by atoms with Crippen LogP contribution in [0.5, 0.6) is 0 Å². The first kappa shape index (κ1) is 11.2. The molecule has 0 heterocycles. The summed E-state index contributed by atoms with van der Waals surface area (Å²) in [7, 11) is 0. The van der Waals surface area contributed by atoms with Crippen molar-refractivity contribution >= 4 is 0 Å². The van der Waals surface area contributed by atoms with Gasteiger partial charge in [-0.3, -0.25) is 0 Å². The summed E-state index contributed by atoms with van der Waals surface area (Å²) < 4.78 is 0. The van der Waals surface area contributed by atoms with Crippen molar-refractivity contribution in [1.82, 2.24) is 0 Å². The van der Waals surface area contributed by atoms with Gasteiger partial charge in [0, 0.05) is 0 Å². The number of benzene rings is 1. The van der Waals surface area contributed by atoms with E-state index in [0.717, 1.165) is 12.8 Å². The van der Waals surface area contributed by atoms with Crippen molar-refractivity contribution in [2.45, 2.75) is 50.9 Å². The fraction of sp³-hybridized carbons (Fsp3) is 0.533. The first-order valence-electron chi connectivity index (χ1n) is 6.20. The van der Waals surface area contributed by atoms with Crippen LogP contribution >= 0.6 is 0 Å². The lowest BCUT2D eigenvalue weighted by Crippen LogP contribution is -2.19. The van der Waals surface area contributed by atoms with Gasteiger partial charge in [-0.2, -0.15) is 5.26 Å². The molecule has 0 spiro atoms. The third kappa shape index (κ3) is 1.85. The minimum absolute atomic E-state index is 0.185. The maximum Gasteiger partial charge on any atom is 0.0822 e. The van der Waals surface area contributed by atoms with Gasteiger partial charge >= 0.3 is 0 Å². The van der Waals surface area contributed by atoms with Crippen LogP contribution in [0.1, 0.15) is 56.6 Å². The molecule has 0 aromatic heterocycles. The number of nitrogens with zero attached hydrogens (tertiary/aromatic N) is 1. The van der Waals surface area contributed by atoms with Crippen LogP contribution < -0.4 is 0 Å². The Hall–Kier alpha value is -1.29. The highest BCUT2D eigenvalue weighted by Gasteiger charge is 2.35. The van der Waals surface area contributed by atoms with Gasteiger partial charge in [0.25, 0.3) is 0 Å². The van der Waals surface area contributed by atoms with Gasteiger partial charge in [0.1, 0.15) is 0 Å². The van der Waals surface area contributed by atoms with Crippen LogP contribution in [0, 0.1) is 11.3 Å². The van der Waals surface area contributed by atoms with E-state index in [1.54, 1.807) is 0 Å². The second kappa shape index (κ2) is 4.29. The SMILES string of the molecule is CC(C)c1ccc(C2(C#N)CCCC2)cc1. The molecule has 1 aliphatic rings. The molecule has 0 atom stereocenters. The highest BCUT2D eigenvalue weighted by Crippen LogP contribution is 2.40. The molecule has 84 valence electrons. The Balaban J connectivity index is 2.31. The highest BCUT2D eigenvalue weighted by molar-refractivity contribution is 5.36. The van der Waals surface area contributed by atoms with Crippen molar-refractivity contribution in [3.63, 3.8) is 0 Å². The fourth-order valence-electron chi connectivity index (χ4n) is 2.63. The summed E-state index contributed by atoms with van der Waals surface area (Å²) in [6, 6.07) is 11.2. The maximum atomic E-state index is 9.40. The standard InChI is InChI=1S/C15H19N/c1-12(2)13-5-7-14(8-6-13)15(11-16)9-3-4-10-15/h5-8,12H,3-4,9-10H2,1-2H3. The Morgan fingerprint density at radius 3 is 2.12 bits per heavy atom. The number of nitriles is 1. The van der Waals surface area contributed by atoms with Crippen LogP contribution in [0.4, 0.5) is 0 Å². The molecular weight excluding hydrogens is 194 g/mol. The van der Waals surface area contributed by atoms with Crippen molar-refractivity contribution < 1.29 is 0 Å². The molecule has 1 aliphatic carbocycles. The zero-order chi connectivity index (χ0) is 11.6. The number of rotatable bonds is 2. The van der Waals surface area contributed by atoms with E-state index in [-0.39, 0.29) is 5.41 Å². The maximum absolute atomic E-state index is 9.40. The van der Waals surface area contributed by atoms with Gasteiger partial charge in [-0.1, -0.05) is 51.0 Å². The van der Waals surface area contributed by atoms with Crippen LogP contribution in [0.3, 0.4) is 0 Å². The molecule has 1 heteroatoms. The first-order chi connectivity index (χ1) is 7.68. The van der Waals surface area contributed by atoms with E-state index >= 15 is 0 Å². The molecule has 1 fully saturated rings. The Bertz CT molecular complexity index is 388. The second-order valence-electron chi connectivity index (χ2n) is 5.18. The normalized spacial score (nSPS) is 18.6. The van der Waals surface area contributed by atoms with Crippen molar-refractivity contribution in [2.75, 3.05) is 0 Å². The molecule has 1 aromatic rings. The molecule has 1 nitrogen and oxygen atoms in total. The molecule has 1 aromatic carbocycles. The molecular formula is C15H19N. The van der Waals surface area contributed by atoms with E-state index in [1.807, 2.05) is 0 Å². The van der Waals surface area contributed by atoms with Crippen LogP contribution in [-0.2, 0) is 5.41 Å². The van der Waals surface area contributed by atoms with E-state index < -0.39 is 0 Å². The average molecular weight is 213 g/mol. The van der Waals surface area contributed by atoms with E-state index in [4.69, 9.17) is 0 Å². The van der Waals surface area contributed by atoms with Gasteiger partial charge in [0.15, 0.2) is 0 Å². The number of hydrogen-bond donors (Lipinski definition) is 0. The van der Waals surface area contributed by atoms with E-state index in [9.17, 15) is 5.26 Å². The Kier molecular flexibility index (Phi) is 3.01. The average Bonchev–Trinajstić information content (AvgIpc) is 2.79. The predicted octanol–water partition coefficient (Wildman–Crippen LogP) is 4.15. The van der Waals surface area contributed by atoms with Crippen LogP contribution in [0.25, 0.3) is 0 Å². The summed E-state index contributed by atoms with van der Waals surface area (Å²) in [5.74, 6) is 0.565. The molecule has 0 saturated heterocycles. The summed E-state index contributed by atoms with van der Waals surface area (Å²) in [4.78, 5) is 0. The van der Waals surface area contributed by atoms with Crippen LogP contribution in [0.2, 0.25) is 0 Å². The van der Waals surface area contributed by atoms with Crippen LogP contribution in [-0.4, -0.2) is 0 Å². The third-order valence-electron chi connectivity index (χ3n) is 3.80. The van der Waals surface area contributed by atoms with Crippen LogP contribution in [0.15, 0.2) is 24.3 Å². The van der Waals surface area contributed by atoms with Crippen molar-refractivity contribution in [1.29, 1.82) is 5.26 Å². The van der Waals surface area contributed by atoms with Crippen molar-refractivity contribution in [3.05, 3.63) is 35.4 Å². The van der Waals surface area contributed by atoms with Gasteiger partial charge in [-0.05, 0) is 29.9 Å². The van der Waals surface area contributed by atoms with Gasteiger partial charge in [-0.15, -0.1) is 0 Å². The van der Waals surface area contributed by atoms with Crippen molar-refractivity contribution in [3.8, 4) is 6.07 Å². The van der Waals surface area contributed by atoms with Gasteiger partial charge < -0.3 is 0 Å². The fourth-order valence-corrected chi connectivity index (χ4v) is 2.63. The molecule has 0 amide bonds. The minimum Gasteiger partial charge on any atom is -0.197 e. The van der Waals surface area contributed by atoms with Gasteiger partial charge in [0.05, 0.1) is 11.5 Å². The quantitative estimate of drug-likeness (QED) is 0.724. The monoisotopic (exact) mass is 213 g/mol. The summed E-state index contributed by atoms with van der Waals surface area (Å²) in [5.41, 5.74) is 2.39. The summed E-state index contributed by atoms with van der Waals surface area (Å²) in [6.07, 6.45) is 4.45. The summed E-state index contributed by atoms with van der Waals surface area (Å²) in [5, 5.41) is 9.40. The Morgan fingerprint density at radius 2 is 1.69 bits per heavy atom. The number of hydrogen-bond acceptors (Lipinski definition) is 1. The molecule has 0 bridgehead atoms. The van der Waals surface area contributed by atoms with Gasteiger partial charge in [0.2, 0.25) is 0 Å². The van der Waals surface area contributed by atoms with Gasteiger partial charge in [-0.25, -0.2) is 0 Å². The van der Waals surface area contributed by atoms with E-state index in [2.05, 4.69) is 44.2 Å². The minimum atomic E-state index is -0.185. The van der Waals surface area contributed by atoms with Crippen molar-refractivity contribution in [2.24, 2.45) is 0 Å². The molecule has 0 radical (unpaired) electrons. The summed E-state index contributed by atoms with van der Waals surface area (Å²) in [6.45, 7) is 4.40. The van der Waals surface area contributed by atoms with E-state index in [1.165, 1.54) is 24.0 Å². The molecule has 0 N–H and O–H groups in total. The molecule has 1 saturated carbocycles. The topological polar surface area (TPSA) is 23.8 Å². The zero-order valence-electron chi connectivity index (χ0n) is 10.2. The Labute approximate surface area is 98.1 Å².